The number of nitrogens with one attached hydrogen (secondary N) is 1. The largest absolute Gasteiger partial charge is 0.596 e. The summed E-state index contributed by atoms with van der Waals surface area (Å²) in [5, 5.41) is 3.51. The summed E-state index contributed by atoms with van der Waals surface area (Å²) in [6.45, 7) is 6.83. The van der Waals surface area contributed by atoms with Crippen molar-refractivity contribution in [3.63, 3.8) is 0 Å². The van der Waals surface area contributed by atoms with Gasteiger partial charge in [0.05, 0.1) is 0 Å². The lowest BCUT2D eigenvalue weighted by atomic mass is 9.73. The van der Waals surface area contributed by atoms with E-state index in [0.717, 1.165) is 37.0 Å². The van der Waals surface area contributed by atoms with E-state index in [9.17, 15) is 9.59 Å². The number of carbonyl (C=O) groups is 2. The molecule has 5 heteroatoms. The maximum absolute atomic E-state index is 13.0. The maximum atomic E-state index is 13.0. The average Bonchev–Trinajstić information content (AvgIpc) is 2.60. The maximum Gasteiger partial charge on any atom is 0.596 e. The van der Waals surface area contributed by atoms with E-state index in [1.165, 1.54) is 0 Å². The molecule has 0 bridgehead atoms. The normalized spacial score (nSPS) is 23.6. The van der Waals surface area contributed by atoms with Gasteiger partial charge in [-0.05, 0) is 39.2 Å². The number of fused-ring (bicyclic) bond motifs is 1. The van der Waals surface area contributed by atoms with E-state index in [0.29, 0.717) is 19.5 Å². The molecule has 2 aliphatic rings. The lowest BCUT2D eigenvalue weighted by Crippen LogP contribution is -2.64. The molecule has 0 spiro atoms. The van der Waals surface area contributed by atoms with Crippen LogP contribution >= 0.6 is 0 Å². The van der Waals surface area contributed by atoms with Gasteiger partial charge in [-0.3, -0.25) is 10.1 Å². The second kappa shape index (κ2) is 7.31. The van der Waals surface area contributed by atoms with Gasteiger partial charge in [0.25, 0.3) is 0 Å². The molecule has 0 radical (unpaired) electrons. The van der Waals surface area contributed by atoms with Crippen LogP contribution in [0.3, 0.4) is 0 Å². The third-order valence-electron chi connectivity index (χ3n) is 5.10. The molecule has 1 fully saturated rings. The number of carbonyl (C=O) groups excluding carboxylic acids is 2. The number of ketones is 1. The fourth-order valence-electron chi connectivity index (χ4n) is 3.95. The first-order chi connectivity index (χ1) is 12.3. The summed E-state index contributed by atoms with van der Waals surface area (Å²) in [5.74, 6) is 0.197. The van der Waals surface area contributed by atoms with Crippen LogP contribution < -0.4 is 5.32 Å². The molecule has 1 aliphatic heterocycles. The van der Waals surface area contributed by atoms with Crippen molar-refractivity contribution in [2.75, 3.05) is 6.54 Å². The highest BCUT2D eigenvalue weighted by atomic mass is 16.6. The minimum Gasteiger partial charge on any atom is -0.406 e. The second-order valence-electron chi connectivity index (χ2n) is 8.20. The van der Waals surface area contributed by atoms with Crippen LogP contribution in [0, 0.1) is 0 Å². The van der Waals surface area contributed by atoms with Crippen LogP contribution in [-0.2, 0) is 16.1 Å². The molecule has 140 valence electrons. The molecular formula is C21H29N2O3+. The van der Waals surface area contributed by atoms with E-state index in [2.05, 4.69) is 5.32 Å². The SMILES string of the molecule is CC(C)(C)OC(=O)[N+]1=C2CCCC(=O)C2(NCc2ccccc2)CCC1. The Labute approximate surface area is 155 Å². The van der Waals surface area contributed by atoms with Crippen molar-refractivity contribution in [1.82, 2.24) is 5.32 Å². The van der Waals surface area contributed by atoms with E-state index < -0.39 is 11.1 Å². The Morgan fingerprint density at radius 1 is 1.19 bits per heavy atom. The lowest BCUT2D eigenvalue weighted by Gasteiger charge is -2.38. The Bertz CT molecular complexity index is 719. The Morgan fingerprint density at radius 3 is 2.62 bits per heavy atom. The van der Waals surface area contributed by atoms with Gasteiger partial charge in [-0.2, -0.15) is 4.79 Å². The zero-order chi connectivity index (χ0) is 18.8. The van der Waals surface area contributed by atoms with Gasteiger partial charge in [0.2, 0.25) is 0 Å². The standard InChI is InChI=1S/C21H29N2O3/c1-20(2,3)26-19(25)23-14-8-13-21(17(23)11-7-12-18(21)24)22-15-16-9-5-4-6-10-16/h4-6,9-10,22H,7-8,11-15H2,1-3H3/q+1. The van der Waals surface area contributed by atoms with Crippen molar-refractivity contribution in [3.8, 4) is 0 Å². The van der Waals surface area contributed by atoms with Gasteiger partial charge in [0.15, 0.2) is 23.6 Å². The van der Waals surface area contributed by atoms with E-state index in [1.807, 2.05) is 51.1 Å². The summed E-state index contributed by atoms with van der Waals surface area (Å²) in [5.41, 5.74) is 0.746. The molecule has 1 atom stereocenters. The highest BCUT2D eigenvalue weighted by Crippen LogP contribution is 2.31. The fraction of sp³-hybridized carbons (Fsp3) is 0.571. The first-order valence-corrected chi connectivity index (χ1v) is 9.51. The molecule has 0 aromatic heterocycles. The van der Waals surface area contributed by atoms with Crippen molar-refractivity contribution < 1.29 is 18.9 Å². The van der Waals surface area contributed by atoms with Gasteiger partial charge in [-0.25, -0.2) is 0 Å². The highest BCUT2D eigenvalue weighted by molar-refractivity contribution is 6.14. The molecule has 1 N–H and O–H groups in total. The first kappa shape index (κ1) is 18.8. The summed E-state index contributed by atoms with van der Waals surface area (Å²) in [7, 11) is 0. The number of Topliss-reactive ketones (excluding diaryl/α,β-unsaturated/α-hetero) is 1. The van der Waals surface area contributed by atoms with Crippen LogP contribution in [0.15, 0.2) is 30.3 Å². The minimum absolute atomic E-state index is 0.197. The highest BCUT2D eigenvalue weighted by Gasteiger charge is 2.53. The van der Waals surface area contributed by atoms with Crippen molar-refractivity contribution in [1.29, 1.82) is 0 Å². The van der Waals surface area contributed by atoms with Gasteiger partial charge >= 0.3 is 6.09 Å². The van der Waals surface area contributed by atoms with E-state index in [-0.39, 0.29) is 11.9 Å². The lowest BCUT2D eigenvalue weighted by molar-refractivity contribution is -0.460. The van der Waals surface area contributed by atoms with Crippen LogP contribution in [0.25, 0.3) is 0 Å². The quantitative estimate of drug-likeness (QED) is 0.842. The van der Waals surface area contributed by atoms with Crippen molar-refractivity contribution in [2.45, 2.75) is 70.6 Å². The van der Waals surface area contributed by atoms with Gasteiger partial charge in [0, 0.05) is 25.8 Å². The zero-order valence-electron chi connectivity index (χ0n) is 16.0. The van der Waals surface area contributed by atoms with Crippen LogP contribution in [0.1, 0.15) is 58.4 Å². The molecule has 1 saturated carbocycles. The van der Waals surface area contributed by atoms with Crippen LogP contribution in [0.5, 0.6) is 0 Å². The molecule has 3 rings (SSSR count). The minimum atomic E-state index is -0.733. The summed E-state index contributed by atoms with van der Waals surface area (Å²) in [4.78, 5) is 25.7. The number of benzene rings is 1. The first-order valence-electron chi connectivity index (χ1n) is 9.51. The smallest absolute Gasteiger partial charge is 0.406 e. The van der Waals surface area contributed by atoms with Gasteiger partial charge in [-0.15, -0.1) is 4.58 Å². The molecule has 1 unspecified atom stereocenters. The van der Waals surface area contributed by atoms with Crippen LogP contribution in [0.4, 0.5) is 4.79 Å². The van der Waals surface area contributed by atoms with E-state index in [1.54, 1.807) is 4.58 Å². The summed E-state index contributed by atoms with van der Waals surface area (Å²) >= 11 is 0. The number of hydrogen-bond acceptors (Lipinski definition) is 4. The molecule has 1 aliphatic carbocycles. The molecule has 1 heterocycles. The summed E-state index contributed by atoms with van der Waals surface area (Å²) in [6.07, 6.45) is 3.30. The summed E-state index contributed by atoms with van der Waals surface area (Å²) < 4.78 is 7.31. The number of ether oxygens (including phenoxy) is 1. The number of amides is 1. The Balaban J connectivity index is 1.92. The van der Waals surface area contributed by atoms with Gasteiger partial charge < -0.3 is 4.74 Å². The third-order valence-corrected chi connectivity index (χ3v) is 5.10. The Hall–Kier alpha value is -2.01. The topological polar surface area (TPSA) is 58.4 Å². The predicted molar refractivity (Wildman–Crippen MR) is 100 cm³/mol. The Morgan fingerprint density at radius 2 is 1.92 bits per heavy atom. The zero-order valence-corrected chi connectivity index (χ0v) is 16.0. The van der Waals surface area contributed by atoms with E-state index >= 15 is 0 Å². The average molecular weight is 357 g/mol. The van der Waals surface area contributed by atoms with E-state index in [4.69, 9.17) is 4.74 Å². The van der Waals surface area contributed by atoms with Crippen LogP contribution in [0.2, 0.25) is 0 Å². The monoisotopic (exact) mass is 357 g/mol. The third kappa shape index (κ3) is 3.88. The molecular weight excluding hydrogens is 328 g/mol. The molecule has 1 aromatic carbocycles. The van der Waals surface area contributed by atoms with Crippen molar-refractivity contribution >= 4 is 17.6 Å². The second-order valence-corrected chi connectivity index (χ2v) is 8.20. The number of rotatable bonds is 3. The van der Waals surface area contributed by atoms with Crippen molar-refractivity contribution in [2.24, 2.45) is 0 Å². The van der Waals surface area contributed by atoms with Gasteiger partial charge in [-0.1, -0.05) is 30.3 Å². The molecule has 1 aromatic rings. The number of hydrogen-bond donors (Lipinski definition) is 1. The molecule has 1 amide bonds. The molecule has 26 heavy (non-hydrogen) atoms. The summed E-state index contributed by atoms with van der Waals surface area (Å²) in [6, 6.07) is 10.1. The van der Waals surface area contributed by atoms with Crippen LogP contribution in [-0.4, -0.2) is 39.8 Å². The van der Waals surface area contributed by atoms with Crippen molar-refractivity contribution in [3.05, 3.63) is 35.9 Å². The fourth-order valence-corrected chi connectivity index (χ4v) is 3.95. The Kier molecular flexibility index (Phi) is 5.28. The molecule has 5 nitrogen and oxygen atoms in total. The number of nitrogens with zero attached hydrogens (tertiary/aromatic N) is 1. The van der Waals surface area contributed by atoms with Gasteiger partial charge in [0.1, 0.15) is 5.60 Å². The predicted octanol–water partition coefficient (Wildman–Crippen LogP) is 3.45. The molecule has 0 saturated heterocycles.